The van der Waals surface area contributed by atoms with Gasteiger partial charge in [-0.05, 0) is 36.4 Å². The van der Waals surface area contributed by atoms with E-state index in [-0.39, 0.29) is 33.7 Å². The molecular weight excluding hydrogens is 414 g/mol. The number of hydrogen-bond acceptors (Lipinski definition) is 4. The highest BCUT2D eigenvalue weighted by atomic mass is 35.5. The highest BCUT2D eigenvalue weighted by molar-refractivity contribution is 6.30. The van der Waals surface area contributed by atoms with Gasteiger partial charge in [-0.2, -0.15) is 0 Å². The van der Waals surface area contributed by atoms with Crippen LogP contribution < -0.4 is 10.3 Å². The highest BCUT2D eigenvalue weighted by Gasteiger charge is 2.45. The first-order valence-corrected chi connectivity index (χ1v) is 9.29. The normalized spacial score (nSPS) is 15.6. The summed E-state index contributed by atoms with van der Waals surface area (Å²) in [6.45, 7) is 0. The molecule has 0 fully saturated rings. The Labute approximate surface area is 173 Å². The fourth-order valence-electron chi connectivity index (χ4n) is 3.68. The molecule has 0 bridgehead atoms. The van der Waals surface area contributed by atoms with Gasteiger partial charge in [0.25, 0.3) is 5.91 Å². The predicted molar refractivity (Wildman–Crippen MR) is 107 cm³/mol. The van der Waals surface area contributed by atoms with Gasteiger partial charge in [0.05, 0.1) is 22.0 Å². The standard InChI is InChI=1S/C22H11ClF2N2O3/c23-11-5-8-17(26-10-11)27-19(13-3-1-2-4-15(13)25)18-20(28)14-9-12(24)6-7-16(14)30-21(18)22(27)29/h1-10,19H. The van der Waals surface area contributed by atoms with Crippen molar-refractivity contribution in [3.8, 4) is 0 Å². The lowest BCUT2D eigenvalue weighted by atomic mass is 9.98. The van der Waals surface area contributed by atoms with Crippen LogP contribution in [0.1, 0.15) is 27.7 Å². The maximum atomic E-state index is 14.8. The zero-order valence-electron chi connectivity index (χ0n) is 15.1. The van der Waals surface area contributed by atoms with Crippen molar-refractivity contribution in [1.29, 1.82) is 0 Å². The Kier molecular flexibility index (Phi) is 4.15. The summed E-state index contributed by atoms with van der Waals surface area (Å²) in [7, 11) is 0. The van der Waals surface area contributed by atoms with Gasteiger partial charge >= 0.3 is 0 Å². The molecule has 1 unspecified atom stereocenters. The summed E-state index contributed by atoms with van der Waals surface area (Å²) in [6, 6.07) is 11.1. The summed E-state index contributed by atoms with van der Waals surface area (Å²) in [4.78, 5) is 31.9. The maximum Gasteiger partial charge on any atom is 0.296 e. The number of amides is 1. The maximum absolute atomic E-state index is 14.8. The molecule has 0 N–H and O–H groups in total. The third-order valence-electron chi connectivity index (χ3n) is 4.99. The van der Waals surface area contributed by atoms with Gasteiger partial charge in [-0.25, -0.2) is 13.8 Å². The van der Waals surface area contributed by atoms with Gasteiger partial charge in [0.1, 0.15) is 23.0 Å². The van der Waals surface area contributed by atoms with Crippen molar-refractivity contribution in [2.45, 2.75) is 6.04 Å². The Bertz CT molecular complexity index is 1390. The Morgan fingerprint density at radius 1 is 1.03 bits per heavy atom. The van der Waals surface area contributed by atoms with E-state index >= 15 is 0 Å². The fraction of sp³-hybridized carbons (Fsp3) is 0.0455. The lowest BCUT2D eigenvalue weighted by Crippen LogP contribution is -2.30. The Hall–Kier alpha value is -3.58. The van der Waals surface area contributed by atoms with Crippen molar-refractivity contribution in [3.05, 3.63) is 105 Å². The smallest absolute Gasteiger partial charge is 0.296 e. The van der Waals surface area contributed by atoms with Gasteiger partial charge in [0.15, 0.2) is 5.43 Å². The number of benzene rings is 2. The second-order valence-electron chi connectivity index (χ2n) is 6.75. The molecule has 2 aromatic heterocycles. The molecule has 3 heterocycles. The average Bonchev–Trinajstić information content (AvgIpc) is 3.02. The van der Waals surface area contributed by atoms with Crippen LogP contribution in [0.3, 0.4) is 0 Å². The molecule has 0 radical (unpaired) electrons. The molecule has 1 atom stereocenters. The van der Waals surface area contributed by atoms with Crippen molar-refractivity contribution in [1.82, 2.24) is 4.98 Å². The summed E-state index contributed by atoms with van der Waals surface area (Å²) in [6.07, 6.45) is 1.34. The van der Waals surface area contributed by atoms with Crippen LogP contribution in [0.25, 0.3) is 11.0 Å². The Morgan fingerprint density at radius 3 is 2.57 bits per heavy atom. The number of rotatable bonds is 2. The summed E-state index contributed by atoms with van der Waals surface area (Å²) in [5, 5.41) is 0.314. The monoisotopic (exact) mass is 424 g/mol. The third-order valence-corrected chi connectivity index (χ3v) is 5.21. The van der Waals surface area contributed by atoms with E-state index in [4.69, 9.17) is 16.0 Å². The average molecular weight is 425 g/mol. The summed E-state index contributed by atoms with van der Waals surface area (Å²) in [5.74, 6) is -1.96. The molecule has 148 valence electrons. The quantitative estimate of drug-likeness (QED) is 0.460. The van der Waals surface area contributed by atoms with Gasteiger partial charge in [-0.15, -0.1) is 0 Å². The van der Waals surface area contributed by atoms with Crippen molar-refractivity contribution in [3.63, 3.8) is 0 Å². The first-order chi connectivity index (χ1) is 14.5. The molecule has 0 saturated carbocycles. The highest BCUT2D eigenvalue weighted by Crippen LogP contribution is 2.41. The molecule has 8 heteroatoms. The van der Waals surface area contributed by atoms with Crippen LogP contribution in [0.4, 0.5) is 14.6 Å². The summed E-state index contributed by atoms with van der Waals surface area (Å²) >= 11 is 5.90. The lowest BCUT2D eigenvalue weighted by Gasteiger charge is -2.24. The fourth-order valence-corrected chi connectivity index (χ4v) is 3.79. The zero-order chi connectivity index (χ0) is 21.0. The van der Waals surface area contributed by atoms with E-state index < -0.39 is 29.0 Å². The molecular formula is C22H11ClF2N2O3. The number of halogens is 3. The Morgan fingerprint density at radius 2 is 1.83 bits per heavy atom. The number of pyridine rings is 1. The largest absolute Gasteiger partial charge is 0.450 e. The Balaban J connectivity index is 1.84. The number of fused-ring (bicyclic) bond motifs is 2. The van der Waals surface area contributed by atoms with Crippen LogP contribution in [-0.2, 0) is 0 Å². The minimum atomic E-state index is -1.13. The van der Waals surface area contributed by atoms with Gasteiger partial charge < -0.3 is 4.42 Å². The van der Waals surface area contributed by atoms with Crippen molar-refractivity contribution in [2.75, 3.05) is 4.90 Å². The van der Waals surface area contributed by atoms with E-state index in [2.05, 4.69) is 4.98 Å². The number of carbonyl (C=O) groups excluding carboxylic acids is 1. The third kappa shape index (κ3) is 2.70. The van der Waals surface area contributed by atoms with Crippen LogP contribution in [0, 0.1) is 11.6 Å². The lowest BCUT2D eigenvalue weighted by molar-refractivity contribution is 0.0970. The van der Waals surface area contributed by atoms with Gasteiger partial charge in [0, 0.05) is 11.8 Å². The predicted octanol–water partition coefficient (Wildman–Crippen LogP) is 4.87. The second-order valence-corrected chi connectivity index (χ2v) is 7.18. The van der Waals surface area contributed by atoms with Gasteiger partial charge in [-0.1, -0.05) is 29.8 Å². The van der Waals surface area contributed by atoms with Crippen LogP contribution >= 0.6 is 11.6 Å². The van der Waals surface area contributed by atoms with E-state index in [1.54, 1.807) is 6.07 Å². The minimum Gasteiger partial charge on any atom is -0.450 e. The number of carbonyl (C=O) groups is 1. The van der Waals surface area contributed by atoms with Gasteiger partial charge in [0.2, 0.25) is 5.76 Å². The van der Waals surface area contributed by atoms with E-state index in [0.29, 0.717) is 5.02 Å². The molecule has 5 rings (SSSR count). The SMILES string of the molecule is O=C1c2oc3ccc(F)cc3c(=O)c2C(c2ccccc2F)N1c1ccc(Cl)cn1. The molecule has 30 heavy (non-hydrogen) atoms. The summed E-state index contributed by atoms with van der Waals surface area (Å²) in [5.41, 5.74) is -0.528. The first kappa shape index (κ1) is 18.4. The van der Waals surface area contributed by atoms with Crippen molar-refractivity contribution in [2.24, 2.45) is 0 Å². The second kappa shape index (κ2) is 6.74. The van der Waals surface area contributed by atoms with E-state index in [9.17, 15) is 18.4 Å². The van der Waals surface area contributed by atoms with E-state index in [1.165, 1.54) is 47.5 Å². The zero-order valence-corrected chi connectivity index (χ0v) is 15.9. The number of nitrogens with zero attached hydrogens (tertiary/aromatic N) is 2. The van der Waals surface area contributed by atoms with Crippen molar-refractivity contribution >= 4 is 34.3 Å². The molecule has 2 aromatic carbocycles. The van der Waals surface area contributed by atoms with Crippen LogP contribution in [0.5, 0.6) is 0 Å². The summed E-state index contributed by atoms with van der Waals surface area (Å²) < 4.78 is 34.2. The van der Waals surface area contributed by atoms with Crippen LogP contribution in [-0.4, -0.2) is 10.9 Å². The van der Waals surface area contributed by atoms with Crippen LogP contribution in [0.2, 0.25) is 5.02 Å². The molecule has 1 aliphatic heterocycles. The number of aromatic nitrogens is 1. The van der Waals surface area contributed by atoms with Crippen LogP contribution in [0.15, 0.2) is 70.0 Å². The molecule has 4 aromatic rings. The first-order valence-electron chi connectivity index (χ1n) is 8.91. The topological polar surface area (TPSA) is 63.4 Å². The minimum absolute atomic E-state index is 0.0335. The molecule has 5 nitrogen and oxygen atoms in total. The number of anilines is 1. The molecule has 0 aliphatic carbocycles. The molecule has 1 aliphatic rings. The van der Waals surface area contributed by atoms with Gasteiger partial charge in [-0.3, -0.25) is 14.5 Å². The van der Waals surface area contributed by atoms with Crippen molar-refractivity contribution < 1.29 is 18.0 Å². The molecule has 1 amide bonds. The van der Waals surface area contributed by atoms with E-state index in [1.807, 2.05) is 0 Å². The molecule has 0 saturated heterocycles. The van der Waals surface area contributed by atoms with E-state index in [0.717, 1.165) is 12.1 Å². The number of hydrogen-bond donors (Lipinski definition) is 0. The molecule has 0 spiro atoms.